The fourth-order valence-electron chi connectivity index (χ4n) is 5.89. The zero-order chi connectivity index (χ0) is 39.6. The van der Waals surface area contributed by atoms with E-state index in [1.54, 1.807) is 13.8 Å². The number of unbranched alkanes of at least 4 members (excludes halogenated alkanes) is 1. The van der Waals surface area contributed by atoms with E-state index in [-0.39, 0.29) is 49.5 Å². The minimum Gasteiger partial charge on any atom is -0.445 e. The first-order valence-electron chi connectivity index (χ1n) is 18.6. The normalized spacial score (nSPS) is 16.3. The summed E-state index contributed by atoms with van der Waals surface area (Å²) >= 11 is 0. The molecule has 1 fully saturated rings. The topological polar surface area (TPSA) is 199 Å². The predicted molar refractivity (Wildman–Crippen MR) is 200 cm³/mol. The molecular formula is C37H61N5O10S. The fourth-order valence-corrected chi connectivity index (χ4v) is 6.45. The van der Waals surface area contributed by atoms with Crippen molar-refractivity contribution in [2.45, 2.75) is 117 Å². The van der Waals surface area contributed by atoms with Crippen molar-refractivity contribution < 1.29 is 46.6 Å². The Labute approximate surface area is 314 Å². The van der Waals surface area contributed by atoms with Crippen LogP contribution in [0.15, 0.2) is 30.3 Å². The van der Waals surface area contributed by atoms with Crippen molar-refractivity contribution in [3.05, 3.63) is 35.9 Å². The average Bonchev–Trinajstić information content (AvgIpc) is 3.60. The van der Waals surface area contributed by atoms with Gasteiger partial charge in [0.25, 0.3) is 0 Å². The molecular weight excluding hydrogens is 706 g/mol. The van der Waals surface area contributed by atoms with Crippen molar-refractivity contribution in [2.75, 3.05) is 38.3 Å². The standard InChI is InChI=1S/C37H61N5O10S/c1-8-50-36(51-9-2)32(26(5)6)41-34(45)29-19-15-22-42(29)35(46)31(25(3)4)40-33(44)28(39-30(43)20-23-53(7,48)49)18-13-14-21-38-37(47)52-24-27-16-11-10-12-17-27/h10-12,16-17,25-26,28-29,31-32,36H,8-9,13-15,18-24H2,1-7H3,(H,38,47)(H,39,43)(H,40,44)(H,41,45)/t28-,29-,31-,32-/m0/s1. The van der Waals surface area contributed by atoms with E-state index in [2.05, 4.69) is 21.3 Å². The number of nitrogens with one attached hydrogen (secondary N) is 4. The van der Waals surface area contributed by atoms with E-state index >= 15 is 0 Å². The number of ether oxygens (including phenoxy) is 3. The third-order valence-corrected chi connectivity index (χ3v) is 9.75. The Hall–Kier alpha value is -3.76. The molecule has 4 N–H and O–H groups in total. The third kappa shape index (κ3) is 16.4. The molecule has 5 amide bonds. The van der Waals surface area contributed by atoms with Crippen LogP contribution in [0.2, 0.25) is 0 Å². The predicted octanol–water partition coefficient (Wildman–Crippen LogP) is 2.67. The number of nitrogens with zero attached hydrogens (tertiary/aromatic N) is 1. The summed E-state index contributed by atoms with van der Waals surface area (Å²) < 4.78 is 40.1. The van der Waals surface area contributed by atoms with Gasteiger partial charge >= 0.3 is 6.09 Å². The van der Waals surface area contributed by atoms with E-state index < -0.39 is 64.1 Å². The Bertz CT molecular complexity index is 1420. The molecule has 0 radical (unpaired) electrons. The van der Waals surface area contributed by atoms with Crippen molar-refractivity contribution in [3.8, 4) is 0 Å². The molecule has 0 aromatic heterocycles. The van der Waals surface area contributed by atoms with Crippen LogP contribution in [0.3, 0.4) is 0 Å². The summed E-state index contributed by atoms with van der Waals surface area (Å²) in [4.78, 5) is 67.8. The number of rotatable bonds is 23. The van der Waals surface area contributed by atoms with E-state index in [0.29, 0.717) is 45.4 Å². The molecule has 0 unspecified atom stereocenters. The minimum absolute atomic E-state index is 0.0240. The van der Waals surface area contributed by atoms with Crippen LogP contribution < -0.4 is 21.3 Å². The molecule has 0 spiro atoms. The fraction of sp³-hybridized carbons (Fsp3) is 0.703. The summed E-state index contributed by atoms with van der Waals surface area (Å²) in [6, 6.07) is 5.92. The van der Waals surface area contributed by atoms with Crippen molar-refractivity contribution in [1.29, 1.82) is 0 Å². The Morgan fingerprint density at radius 1 is 0.906 bits per heavy atom. The number of carbonyl (C=O) groups excluding carboxylic acids is 5. The number of hydrogen-bond donors (Lipinski definition) is 4. The monoisotopic (exact) mass is 767 g/mol. The van der Waals surface area contributed by atoms with E-state index in [1.165, 1.54) is 4.90 Å². The lowest BCUT2D eigenvalue weighted by molar-refractivity contribution is -0.166. The first kappa shape index (κ1) is 45.4. The zero-order valence-electron chi connectivity index (χ0n) is 32.4. The SMILES string of the molecule is CCOC(OCC)[C@@H](NC(=O)[C@@H]1CCCN1C(=O)[C@@H](NC(=O)[C@H](CCCCNC(=O)OCc1ccccc1)NC(=O)CCS(C)(=O)=O)C(C)C)C(C)C. The van der Waals surface area contributed by atoms with Gasteiger partial charge < -0.3 is 40.4 Å². The van der Waals surface area contributed by atoms with Gasteiger partial charge in [-0.25, -0.2) is 13.2 Å². The molecule has 1 aliphatic heterocycles. The Morgan fingerprint density at radius 2 is 1.57 bits per heavy atom. The van der Waals surface area contributed by atoms with Gasteiger partial charge in [-0.15, -0.1) is 0 Å². The number of alkyl carbamates (subject to hydrolysis) is 1. The molecule has 4 atom stereocenters. The Balaban J connectivity index is 2.10. The minimum atomic E-state index is -3.43. The van der Waals surface area contributed by atoms with Gasteiger partial charge in [-0.3, -0.25) is 19.2 Å². The van der Waals surface area contributed by atoms with Gasteiger partial charge in [0.2, 0.25) is 23.6 Å². The molecule has 53 heavy (non-hydrogen) atoms. The summed E-state index contributed by atoms with van der Waals surface area (Å²) in [5, 5.41) is 11.1. The molecule has 300 valence electrons. The molecule has 0 aliphatic carbocycles. The number of likely N-dealkylation sites (tertiary alicyclic amines) is 1. The molecule has 2 rings (SSSR count). The lowest BCUT2D eigenvalue weighted by Crippen LogP contribution is -2.59. The highest BCUT2D eigenvalue weighted by Gasteiger charge is 2.41. The van der Waals surface area contributed by atoms with Crippen molar-refractivity contribution in [3.63, 3.8) is 0 Å². The van der Waals surface area contributed by atoms with Gasteiger partial charge in [0.15, 0.2) is 6.29 Å². The molecule has 1 aliphatic rings. The van der Waals surface area contributed by atoms with Crippen LogP contribution in [0.5, 0.6) is 0 Å². The molecule has 1 aromatic carbocycles. The van der Waals surface area contributed by atoms with E-state index in [1.807, 2.05) is 58.0 Å². The maximum absolute atomic E-state index is 14.0. The van der Waals surface area contributed by atoms with Gasteiger partial charge in [-0.2, -0.15) is 0 Å². The van der Waals surface area contributed by atoms with Gasteiger partial charge in [-0.1, -0.05) is 58.0 Å². The quantitative estimate of drug-likeness (QED) is 0.0949. The maximum Gasteiger partial charge on any atom is 0.407 e. The highest BCUT2D eigenvalue weighted by molar-refractivity contribution is 7.90. The van der Waals surface area contributed by atoms with Gasteiger partial charge in [0.05, 0.1) is 11.8 Å². The van der Waals surface area contributed by atoms with Crippen LogP contribution in [0.4, 0.5) is 4.79 Å². The third-order valence-electron chi connectivity index (χ3n) is 8.80. The summed E-state index contributed by atoms with van der Waals surface area (Å²) in [5.41, 5.74) is 0.845. The van der Waals surface area contributed by atoms with E-state index in [0.717, 1.165) is 11.8 Å². The molecule has 1 saturated heterocycles. The summed E-state index contributed by atoms with van der Waals surface area (Å²) in [6.45, 7) is 12.6. The molecule has 1 heterocycles. The molecule has 16 heteroatoms. The lowest BCUT2D eigenvalue weighted by atomic mass is 10.00. The van der Waals surface area contributed by atoms with Crippen molar-refractivity contribution in [2.24, 2.45) is 11.8 Å². The highest BCUT2D eigenvalue weighted by atomic mass is 32.2. The number of carbonyl (C=O) groups is 5. The molecule has 15 nitrogen and oxygen atoms in total. The van der Waals surface area contributed by atoms with Crippen LogP contribution in [0, 0.1) is 11.8 Å². The Kier molecular flexibility index (Phi) is 19.8. The molecule has 1 aromatic rings. The summed E-state index contributed by atoms with van der Waals surface area (Å²) in [6.07, 6.45) is 1.49. The lowest BCUT2D eigenvalue weighted by Gasteiger charge is -2.34. The highest BCUT2D eigenvalue weighted by Crippen LogP contribution is 2.22. The largest absolute Gasteiger partial charge is 0.445 e. The van der Waals surface area contributed by atoms with Crippen molar-refractivity contribution >= 4 is 39.6 Å². The zero-order valence-corrected chi connectivity index (χ0v) is 33.2. The number of benzene rings is 1. The second kappa shape index (κ2) is 23.1. The maximum atomic E-state index is 14.0. The van der Waals surface area contributed by atoms with Crippen molar-refractivity contribution in [1.82, 2.24) is 26.2 Å². The summed E-state index contributed by atoms with van der Waals surface area (Å²) in [7, 11) is -3.43. The number of amides is 5. The second-order valence-electron chi connectivity index (χ2n) is 14.0. The van der Waals surface area contributed by atoms with Crippen LogP contribution in [-0.2, 0) is 49.8 Å². The summed E-state index contributed by atoms with van der Waals surface area (Å²) in [5.74, 6) is -2.77. The van der Waals surface area contributed by atoms with E-state index in [4.69, 9.17) is 14.2 Å². The number of sulfone groups is 1. The Morgan fingerprint density at radius 3 is 2.15 bits per heavy atom. The van der Waals surface area contributed by atoms with Gasteiger partial charge in [0.1, 0.15) is 34.6 Å². The molecule has 0 saturated carbocycles. The van der Waals surface area contributed by atoms with Crippen LogP contribution in [0.25, 0.3) is 0 Å². The van der Waals surface area contributed by atoms with E-state index in [9.17, 15) is 32.4 Å². The van der Waals surface area contributed by atoms with Crippen LogP contribution in [-0.4, -0.2) is 112 Å². The van der Waals surface area contributed by atoms with Gasteiger partial charge in [-0.05, 0) is 63.4 Å². The number of hydrogen-bond acceptors (Lipinski definition) is 10. The first-order chi connectivity index (χ1) is 25.1. The molecule has 0 bridgehead atoms. The average molecular weight is 768 g/mol. The van der Waals surface area contributed by atoms with Crippen LogP contribution in [0.1, 0.15) is 85.6 Å². The first-order valence-corrected chi connectivity index (χ1v) is 20.7. The second-order valence-corrected chi connectivity index (χ2v) is 16.2. The van der Waals surface area contributed by atoms with Crippen LogP contribution >= 0.6 is 0 Å². The van der Waals surface area contributed by atoms with Gasteiger partial charge in [0, 0.05) is 39.0 Å². The smallest absolute Gasteiger partial charge is 0.407 e.